The number of hydrogen-bond donors (Lipinski definition) is 2. The zero-order valence-corrected chi connectivity index (χ0v) is 14.8. The lowest BCUT2D eigenvalue weighted by molar-refractivity contribution is -0.170. The highest BCUT2D eigenvalue weighted by Gasteiger charge is 2.25. The monoisotopic (exact) mass is 330 g/mol. The van der Waals surface area contributed by atoms with Crippen molar-refractivity contribution >= 4 is 11.9 Å². The van der Waals surface area contributed by atoms with E-state index < -0.39 is 24.1 Å². The van der Waals surface area contributed by atoms with Crippen LogP contribution in [0, 0.1) is 0 Å². The number of carboxylic acid groups (broad SMARTS) is 1. The number of unbranched alkanes of at least 4 members (excludes halogenated alkanes) is 8. The van der Waals surface area contributed by atoms with Crippen molar-refractivity contribution in [3.05, 3.63) is 0 Å². The third kappa shape index (κ3) is 12.0. The van der Waals surface area contributed by atoms with Gasteiger partial charge in [-0.3, -0.25) is 0 Å². The third-order valence-electron chi connectivity index (χ3n) is 3.96. The first kappa shape index (κ1) is 21.9. The van der Waals surface area contributed by atoms with Crippen LogP contribution in [0.2, 0.25) is 0 Å². The van der Waals surface area contributed by atoms with E-state index in [0.29, 0.717) is 12.8 Å². The summed E-state index contributed by atoms with van der Waals surface area (Å²) in [6.45, 7) is 4.23. The fourth-order valence-electron chi connectivity index (χ4n) is 2.44. The molecule has 0 rings (SSSR count). The second kappa shape index (κ2) is 14.5. The molecular weight excluding hydrogens is 296 g/mol. The van der Waals surface area contributed by atoms with E-state index >= 15 is 0 Å². The summed E-state index contributed by atoms with van der Waals surface area (Å²) in [5.74, 6) is -1.94. The molecule has 0 amide bonds. The molecule has 0 aromatic rings. The van der Waals surface area contributed by atoms with Crippen LogP contribution < -0.4 is 0 Å². The fourth-order valence-corrected chi connectivity index (χ4v) is 2.44. The van der Waals surface area contributed by atoms with E-state index in [1.54, 1.807) is 0 Å². The molecule has 23 heavy (non-hydrogen) atoms. The molecule has 0 aliphatic heterocycles. The maximum absolute atomic E-state index is 11.8. The Morgan fingerprint density at radius 3 is 1.87 bits per heavy atom. The molecule has 0 aromatic carbocycles. The summed E-state index contributed by atoms with van der Waals surface area (Å²) in [5.41, 5.74) is 0. The number of hydrogen-bond acceptors (Lipinski definition) is 4. The van der Waals surface area contributed by atoms with Crippen LogP contribution in [0.5, 0.6) is 0 Å². The molecule has 0 saturated heterocycles. The topological polar surface area (TPSA) is 83.8 Å². The zero-order valence-electron chi connectivity index (χ0n) is 14.8. The summed E-state index contributed by atoms with van der Waals surface area (Å²) in [6.07, 6.45) is 8.43. The highest BCUT2D eigenvalue weighted by atomic mass is 16.6. The summed E-state index contributed by atoms with van der Waals surface area (Å²) < 4.78 is 4.97. The first-order valence-corrected chi connectivity index (χ1v) is 9.14. The average Bonchev–Trinajstić information content (AvgIpc) is 2.53. The van der Waals surface area contributed by atoms with Crippen molar-refractivity contribution in [2.75, 3.05) is 0 Å². The van der Waals surface area contributed by atoms with E-state index in [9.17, 15) is 14.7 Å². The Labute approximate surface area is 140 Å². The van der Waals surface area contributed by atoms with Gasteiger partial charge in [0, 0.05) is 0 Å². The average molecular weight is 330 g/mol. The van der Waals surface area contributed by atoms with Crippen molar-refractivity contribution in [2.45, 2.75) is 103 Å². The Morgan fingerprint density at radius 2 is 1.30 bits per heavy atom. The Morgan fingerprint density at radius 1 is 0.826 bits per heavy atom. The minimum absolute atomic E-state index is 0.315. The van der Waals surface area contributed by atoms with Crippen molar-refractivity contribution in [3.8, 4) is 0 Å². The van der Waals surface area contributed by atoms with Gasteiger partial charge in [-0.1, -0.05) is 71.6 Å². The van der Waals surface area contributed by atoms with Gasteiger partial charge in [0.05, 0.1) is 0 Å². The molecule has 2 unspecified atom stereocenters. The van der Waals surface area contributed by atoms with Gasteiger partial charge in [-0.05, 0) is 19.3 Å². The molecule has 0 aliphatic carbocycles. The molecule has 0 fully saturated rings. The van der Waals surface area contributed by atoms with Crippen molar-refractivity contribution < 1.29 is 24.5 Å². The Bertz CT molecular complexity index is 317. The van der Waals surface area contributed by atoms with Crippen LogP contribution >= 0.6 is 0 Å². The number of carbonyl (C=O) groups excluding carboxylic acids is 1. The smallest absolute Gasteiger partial charge is 0.345 e. The van der Waals surface area contributed by atoms with Crippen molar-refractivity contribution in [1.29, 1.82) is 0 Å². The normalized spacial score (nSPS) is 13.5. The predicted octanol–water partition coefficient (Wildman–Crippen LogP) is 4.06. The van der Waals surface area contributed by atoms with Crippen molar-refractivity contribution in [2.24, 2.45) is 0 Å². The molecule has 136 valence electrons. The molecule has 0 saturated carbocycles. The second-order valence-electron chi connectivity index (χ2n) is 6.19. The van der Waals surface area contributed by atoms with E-state index in [4.69, 9.17) is 9.84 Å². The molecule has 2 N–H and O–H groups in total. The molecule has 0 radical (unpaired) electrons. The Kier molecular flexibility index (Phi) is 13.8. The van der Waals surface area contributed by atoms with E-state index in [2.05, 4.69) is 13.8 Å². The molecular formula is C18H34O5. The lowest BCUT2D eigenvalue weighted by atomic mass is 10.1. The molecule has 0 heterocycles. The SMILES string of the molecule is CCCCCCCCC(OC(=O)C(O)CCCCCC)C(=O)O. The van der Waals surface area contributed by atoms with Gasteiger partial charge in [0.2, 0.25) is 0 Å². The molecule has 0 bridgehead atoms. The molecule has 0 aromatic heterocycles. The van der Waals surface area contributed by atoms with Crippen LogP contribution in [-0.2, 0) is 14.3 Å². The number of aliphatic hydroxyl groups is 1. The lowest BCUT2D eigenvalue weighted by Crippen LogP contribution is -2.32. The summed E-state index contributed by atoms with van der Waals surface area (Å²) in [5, 5.41) is 18.9. The van der Waals surface area contributed by atoms with Crippen LogP contribution in [0.25, 0.3) is 0 Å². The Balaban J connectivity index is 4.00. The van der Waals surface area contributed by atoms with E-state index in [-0.39, 0.29) is 0 Å². The summed E-state index contributed by atoms with van der Waals surface area (Å²) in [4.78, 5) is 22.9. The fraction of sp³-hybridized carbons (Fsp3) is 0.889. The van der Waals surface area contributed by atoms with Crippen LogP contribution in [0.1, 0.15) is 90.9 Å². The number of esters is 1. The first-order valence-electron chi connectivity index (χ1n) is 9.14. The first-order chi connectivity index (χ1) is 11.0. The number of carbonyl (C=O) groups is 2. The van der Waals surface area contributed by atoms with Crippen molar-refractivity contribution in [3.63, 3.8) is 0 Å². The largest absolute Gasteiger partial charge is 0.479 e. The van der Waals surface area contributed by atoms with E-state index in [1.165, 1.54) is 12.8 Å². The van der Waals surface area contributed by atoms with Gasteiger partial charge in [-0.2, -0.15) is 0 Å². The number of aliphatic carboxylic acids is 1. The van der Waals surface area contributed by atoms with Gasteiger partial charge in [-0.25, -0.2) is 9.59 Å². The highest BCUT2D eigenvalue weighted by Crippen LogP contribution is 2.13. The van der Waals surface area contributed by atoms with Gasteiger partial charge in [0.15, 0.2) is 12.2 Å². The number of ether oxygens (including phenoxy) is 1. The van der Waals surface area contributed by atoms with Gasteiger partial charge >= 0.3 is 11.9 Å². The second-order valence-corrected chi connectivity index (χ2v) is 6.19. The molecule has 5 heteroatoms. The molecule has 5 nitrogen and oxygen atoms in total. The Hall–Kier alpha value is -1.10. The maximum Gasteiger partial charge on any atom is 0.345 e. The quantitative estimate of drug-likeness (QED) is 0.349. The predicted molar refractivity (Wildman–Crippen MR) is 90.3 cm³/mol. The van der Waals surface area contributed by atoms with Crippen LogP contribution in [0.15, 0.2) is 0 Å². The van der Waals surface area contributed by atoms with Crippen LogP contribution in [0.4, 0.5) is 0 Å². The van der Waals surface area contributed by atoms with Crippen LogP contribution in [-0.4, -0.2) is 34.4 Å². The van der Waals surface area contributed by atoms with Gasteiger partial charge < -0.3 is 14.9 Å². The van der Waals surface area contributed by atoms with Crippen LogP contribution in [0.3, 0.4) is 0 Å². The third-order valence-corrected chi connectivity index (χ3v) is 3.96. The molecule has 2 atom stereocenters. The summed E-state index contributed by atoms with van der Waals surface area (Å²) in [6, 6.07) is 0. The number of aliphatic hydroxyl groups excluding tert-OH is 1. The standard InChI is InChI=1S/C18H34O5/c1-3-5-7-9-10-12-14-16(17(20)21)23-18(22)15(19)13-11-8-6-4-2/h15-16,19H,3-14H2,1-2H3,(H,20,21). The van der Waals surface area contributed by atoms with E-state index in [0.717, 1.165) is 51.4 Å². The molecule has 0 spiro atoms. The van der Waals surface area contributed by atoms with Gasteiger partial charge in [0.1, 0.15) is 0 Å². The summed E-state index contributed by atoms with van der Waals surface area (Å²) in [7, 11) is 0. The lowest BCUT2D eigenvalue weighted by Gasteiger charge is -2.16. The highest BCUT2D eigenvalue weighted by molar-refractivity contribution is 5.80. The number of carboxylic acids is 1. The van der Waals surface area contributed by atoms with Gasteiger partial charge in [0.25, 0.3) is 0 Å². The van der Waals surface area contributed by atoms with E-state index in [1.807, 2.05) is 0 Å². The number of rotatable bonds is 15. The maximum atomic E-state index is 11.8. The minimum atomic E-state index is -1.21. The zero-order chi connectivity index (χ0) is 17.5. The van der Waals surface area contributed by atoms with Gasteiger partial charge in [-0.15, -0.1) is 0 Å². The molecule has 0 aliphatic rings. The summed E-state index contributed by atoms with van der Waals surface area (Å²) >= 11 is 0. The minimum Gasteiger partial charge on any atom is -0.479 e. The van der Waals surface area contributed by atoms with Crippen molar-refractivity contribution in [1.82, 2.24) is 0 Å².